The Kier molecular flexibility index (Phi) is 5.44. The summed E-state index contributed by atoms with van der Waals surface area (Å²) in [5, 5.41) is 11.7. The topological polar surface area (TPSA) is 69.6 Å². The maximum atomic E-state index is 11.9. The van der Waals surface area contributed by atoms with Gasteiger partial charge >= 0.3 is 12.0 Å². The molecule has 1 fully saturated rings. The molecule has 0 spiro atoms. The van der Waals surface area contributed by atoms with Crippen LogP contribution in [0.25, 0.3) is 0 Å². The van der Waals surface area contributed by atoms with E-state index in [2.05, 4.69) is 12.2 Å². The molecule has 0 bridgehead atoms. The minimum Gasteiger partial charge on any atom is -0.480 e. The molecule has 2 N–H and O–H groups in total. The van der Waals surface area contributed by atoms with E-state index in [1.165, 1.54) is 11.3 Å². The number of hydrogen-bond donors (Lipinski definition) is 2. The third kappa shape index (κ3) is 3.89. The van der Waals surface area contributed by atoms with Gasteiger partial charge in [-0.05, 0) is 31.1 Å². The van der Waals surface area contributed by atoms with E-state index < -0.39 is 5.97 Å². The van der Waals surface area contributed by atoms with Gasteiger partial charge in [-0.1, -0.05) is 20.3 Å². The molecule has 0 unspecified atom stereocenters. The number of nitrogens with one attached hydrogen (secondary N) is 1. The van der Waals surface area contributed by atoms with Crippen LogP contribution in [-0.2, 0) is 4.79 Å². The summed E-state index contributed by atoms with van der Waals surface area (Å²) < 4.78 is 0. The number of aliphatic carboxylic acids is 1. The maximum Gasteiger partial charge on any atom is 0.323 e. The van der Waals surface area contributed by atoms with Gasteiger partial charge in [0.15, 0.2) is 0 Å². The highest BCUT2D eigenvalue weighted by Crippen LogP contribution is 2.43. The fraction of sp³-hybridized carbons (Fsp3) is 0.846. The first kappa shape index (κ1) is 14.8. The second kappa shape index (κ2) is 6.61. The first-order valence-electron chi connectivity index (χ1n) is 6.77. The highest BCUT2D eigenvalue weighted by Gasteiger charge is 2.35. The molecule has 18 heavy (non-hydrogen) atoms. The van der Waals surface area contributed by atoms with Gasteiger partial charge in [0.25, 0.3) is 0 Å². The molecule has 0 aromatic rings. The Morgan fingerprint density at radius 3 is 2.39 bits per heavy atom. The maximum absolute atomic E-state index is 11.9. The van der Waals surface area contributed by atoms with Gasteiger partial charge in [-0.3, -0.25) is 4.79 Å². The van der Waals surface area contributed by atoms with E-state index >= 15 is 0 Å². The highest BCUT2D eigenvalue weighted by molar-refractivity contribution is 5.80. The Balaban J connectivity index is 2.43. The summed E-state index contributed by atoms with van der Waals surface area (Å²) >= 11 is 0. The number of carboxylic acid groups (broad SMARTS) is 1. The van der Waals surface area contributed by atoms with E-state index in [4.69, 9.17) is 5.11 Å². The Labute approximate surface area is 109 Å². The summed E-state index contributed by atoms with van der Waals surface area (Å²) in [5.74, 6) is -0.965. The number of carbonyl (C=O) groups is 2. The van der Waals surface area contributed by atoms with E-state index in [9.17, 15) is 9.59 Å². The molecule has 0 aromatic heterocycles. The smallest absolute Gasteiger partial charge is 0.323 e. The fourth-order valence-corrected chi connectivity index (χ4v) is 2.39. The van der Waals surface area contributed by atoms with E-state index in [1.807, 2.05) is 6.92 Å². The number of amides is 2. The van der Waals surface area contributed by atoms with Gasteiger partial charge in [-0.2, -0.15) is 0 Å². The number of urea groups is 1. The van der Waals surface area contributed by atoms with Crippen molar-refractivity contribution in [2.75, 3.05) is 19.6 Å². The van der Waals surface area contributed by atoms with Gasteiger partial charge in [-0.25, -0.2) is 4.79 Å². The molecular formula is C13H24N2O3. The zero-order valence-corrected chi connectivity index (χ0v) is 11.4. The number of carboxylic acids is 1. The molecule has 0 radical (unpaired) electrons. The van der Waals surface area contributed by atoms with Crippen LogP contribution >= 0.6 is 0 Å². The molecule has 1 rings (SSSR count). The quantitative estimate of drug-likeness (QED) is 0.732. The van der Waals surface area contributed by atoms with Gasteiger partial charge < -0.3 is 15.3 Å². The third-order valence-corrected chi connectivity index (χ3v) is 3.89. The van der Waals surface area contributed by atoms with Crippen LogP contribution in [0.15, 0.2) is 0 Å². The second-order valence-corrected chi connectivity index (χ2v) is 5.18. The Hall–Kier alpha value is -1.26. The average Bonchev–Trinajstić information content (AvgIpc) is 2.27. The molecule has 0 aliphatic heterocycles. The van der Waals surface area contributed by atoms with Crippen LogP contribution in [0.1, 0.15) is 46.0 Å². The number of nitrogens with zero attached hydrogens (tertiary/aromatic N) is 1. The van der Waals surface area contributed by atoms with Crippen molar-refractivity contribution in [1.29, 1.82) is 0 Å². The van der Waals surface area contributed by atoms with Crippen molar-refractivity contribution in [2.45, 2.75) is 46.0 Å². The van der Waals surface area contributed by atoms with Crippen LogP contribution in [0.2, 0.25) is 0 Å². The van der Waals surface area contributed by atoms with Crippen molar-refractivity contribution in [3.8, 4) is 0 Å². The molecule has 0 heterocycles. The number of carbonyl (C=O) groups excluding carboxylic acids is 1. The molecule has 1 aliphatic carbocycles. The standard InChI is InChI=1S/C13H24N2O3/c1-3-8-15(9-11(16)17)12(18)14-10-13(4-2)6-5-7-13/h3-10H2,1-2H3,(H,14,18)(H,16,17). The lowest BCUT2D eigenvalue weighted by molar-refractivity contribution is -0.137. The zero-order valence-electron chi connectivity index (χ0n) is 11.4. The lowest BCUT2D eigenvalue weighted by Gasteiger charge is -2.41. The predicted octanol–water partition coefficient (Wildman–Crippen LogP) is 2.07. The lowest BCUT2D eigenvalue weighted by Crippen LogP contribution is -2.48. The van der Waals surface area contributed by atoms with Crippen LogP contribution in [0.4, 0.5) is 4.79 Å². The highest BCUT2D eigenvalue weighted by atomic mass is 16.4. The largest absolute Gasteiger partial charge is 0.480 e. The summed E-state index contributed by atoms with van der Waals surface area (Å²) in [7, 11) is 0. The molecule has 104 valence electrons. The first-order chi connectivity index (χ1) is 8.53. The lowest BCUT2D eigenvalue weighted by atomic mass is 9.67. The van der Waals surface area contributed by atoms with Crippen LogP contribution in [-0.4, -0.2) is 41.6 Å². The van der Waals surface area contributed by atoms with Gasteiger partial charge in [0.1, 0.15) is 6.54 Å². The van der Waals surface area contributed by atoms with Crippen molar-refractivity contribution in [1.82, 2.24) is 10.2 Å². The fourth-order valence-electron chi connectivity index (χ4n) is 2.39. The van der Waals surface area contributed by atoms with E-state index in [-0.39, 0.29) is 18.0 Å². The predicted molar refractivity (Wildman–Crippen MR) is 69.5 cm³/mol. The Bertz CT molecular complexity index is 295. The molecule has 5 heteroatoms. The molecule has 0 atom stereocenters. The Morgan fingerprint density at radius 2 is 2.00 bits per heavy atom. The molecule has 1 saturated carbocycles. The molecule has 1 aliphatic rings. The number of rotatable bonds is 7. The van der Waals surface area contributed by atoms with Gasteiger partial charge in [0.2, 0.25) is 0 Å². The molecule has 5 nitrogen and oxygen atoms in total. The van der Waals surface area contributed by atoms with Gasteiger partial charge in [0, 0.05) is 13.1 Å². The van der Waals surface area contributed by atoms with E-state index in [1.54, 1.807) is 0 Å². The van der Waals surface area contributed by atoms with Crippen molar-refractivity contribution >= 4 is 12.0 Å². The first-order valence-corrected chi connectivity index (χ1v) is 6.77. The molecular weight excluding hydrogens is 232 g/mol. The van der Waals surface area contributed by atoms with Gasteiger partial charge in [-0.15, -0.1) is 0 Å². The number of hydrogen-bond acceptors (Lipinski definition) is 2. The third-order valence-electron chi connectivity index (χ3n) is 3.89. The summed E-state index contributed by atoms with van der Waals surface area (Å²) in [6, 6.07) is -0.251. The van der Waals surface area contributed by atoms with E-state index in [0.29, 0.717) is 13.1 Å². The Morgan fingerprint density at radius 1 is 1.33 bits per heavy atom. The van der Waals surface area contributed by atoms with Crippen molar-refractivity contribution < 1.29 is 14.7 Å². The van der Waals surface area contributed by atoms with Crippen molar-refractivity contribution in [3.05, 3.63) is 0 Å². The normalized spacial score (nSPS) is 16.8. The van der Waals surface area contributed by atoms with Crippen LogP contribution in [0.3, 0.4) is 0 Å². The minimum atomic E-state index is -0.965. The molecule has 0 saturated heterocycles. The molecule has 0 aromatic carbocycles. The van der Waals surface area contributed by atoms with Crippen molar-refractivity contribution in [2.24, 2.45) is 5.41 Å². The SMILES string of the molecule is CCCN(CC(=O)O)C(=O)NCC1(CC)CCC1. The average molecular weight is 256 g/mol. The monoisotopic (exact) mass is 256 g/mol. The van der Waals surface area contributed by atoms with E-state index in [0.717, 1.165) is 25.7 Å². The van der Waals surface area contributed by atoms with Crippen LogP contribution in [0.5, 0.6) is 0 Å². The summed E-state index contributed by atoms with van der Waals surface area (Å²) in [6.07, 6.45) is 5.39. The second-order valence-electron chi connectivity index (χ2n) is 5.18. The van der Waals surface area contributed by atoms with Crippen LogP contribution < -0.4 is 5.32 Å². The summed E-state index contributed by atoms with van der Waals surface area (Å²) in [6.45, 7) is 5.01. The van der Waals surface area contributed by atoms with Gasteiger partial charge in [0.05, 0.1) is 0 Å². The van der Waals surface area contributed by atoms with Crippen molar-refractivity contribution in [3.63, 3.8) is 0 Å². The van der Waals surface area contributed by atoms with Crippen LogP contribution in [0, 0.1) is 5.41 Å². The molecule has 2 amide bonds. The summed E-state index contributed by atoms with van der Waals surface area (Å²) in [5.41, 5.74) is 0.261. The zero-order chi connectivity index (χ0) is 13.6. The summed E-state index contributed by atoms with van der Waals surface area (Å²) in [4.78, 5) is 24.0. The minimum absolute atomic E-state index is 0.223.